The number of ether oxygens (including phenoxy) is 2. The van der Waals surface area contributed by atoms with Crippen LogP contribution >= 0.6 is 0 Å². The molecule has 106 valence electrons. The lowest BCUT2D eigenvalue weighted by Gasteiger charge is -2.32. The van der Waals surface area contributed by atoms with E-state index in [1.54, 1.807) is 0 Å². The van der Waals surface area contributed by atoms with Crippen LogP contribution in [0.5, 0.6) is 0 Å². The fourth-order valence-electron chi connectivity index (χ4n) is 2.61. The molecule has 3 unspecified atom stereocenters. The van der Waals surface area contributed by atoms with Crippen LogP contribution in [0.25, 0.3) is 0 Å². The van der Waals surface area contributed by atoms with E-state index >= 15 is 0 Å². The molecule has 0 aromatic rings. The zero-order valence-electron chi connectivity index (χ0n) is 12.1. The van der Waals surface area contributed by atoms with E-state index in [9.17, 15) is 4.79 Å². The molecule has 1 aliphatic carbocycles. The molecule has 0 spiro atoms. The number of hydrogen-bond donors (Lipinski definition) is 1. The summed E-state index contributed by atoms with van der Waals surface area (Å²) in [4.78, 5) is 11.8. The molecule has 0 amide bonds. The van der Waals surface area contributed by atoms with Crippen LogP contribution in [0.4, 0.5) is 0 Å². The summed E-state index contributed by atoms with van der Waals surface area (Å²) in [6.45, 7) is 7.18. The van der Waals surface area contributed by atoms with Gasteiger partial charge in [0.15, 0.2) is 0 Å². The van der Waals surface area contributed by atoms with Crippen molar-refractivity contribution >= 4 is 5.97 Å². The monoisotopic (exact) mass is 257 g/mol. The van der Waals surface area contributed by atoms with Crippen LogP contribution in [0.1, 0.15) is 46.5 Å². The van der Waals surface area contributed by atoms with Crippen LogP contribution in [-0.4, -0.2) is 37.9 Å². The predicted octanol–water partition coefficient (Wildman–Crippen LogP) is 2.12. The third-order valence-electron chi connectivity index (χ3n) is 3.70. The number of hydrogen-bond acceptors (Lipinski definition) is 4. The summed E-state index contributed by atoms with van der Waals surface area (Å²) in [5.74, 6) is 0.473. The molecule has 0 saturated heterocycles. The van der Waals surface area contributed by atoms with Gasteiger partial charge in [-0.15, -0.1) is 0 Å². The van der Waals surface area contributed by atoms with Crippen molar-refractivity contribution in [2.75, 3.05) is 20.3 Å². The number of likely N-dealkylation sites (N-methyl/N-ethyl adjacent to an activating group) is 1. The predicted molar refractivity (Wildman–Crippen MR) is 71.5 cm³/mol. The van der Waals surface area contributed by atoms with Crippen molar-refractivity contribution in [2.24, 2.45) is 5.92 Å². The van der Waals surface area contributed by atoms with Gasteiger partial charge in [0.1, 0.15) is 5.54 Å². The normalized spacial score (nSPS) is 27.6. The van der Waals surface area contributed by atoms with E-state index in [1.807, 2.05) is 13.8 Å². The van der Waals surface area contributed by atoms with Gasteiger partial charge in [-0.05, 0) is 32.2 Å². The Labute approximate surface area is 110 Å². The summed E-state index contributed by atoms with van der Waals surface area (Å²) >= 11 is 0. The number of methoxy groups -OCH3 is 1. The molecule has 0 bridgehead atoms. The van der Waals surface area contributed by atoms with E-state index in [2.05, 4.69) is 12.2 Å². The molecule has 18 heavy (non-hydrogen) atoms. The number of rotatable bonds is 6. The van der Waals surface area contributed by atoms with E-state index in [1.165, 1.54) is 20.0 Å². The Morgan fingerprint density at radius 2 is 2.17 bits per heavy atom. The van der Waals surface area contributed by atoms with E-state index < -0.39 is 5.54 Å². The van der Waals surface area contributed by atoms with Crippen LogP contribution < -0.4 is 5.32 Å². The lowest BCUT2D eigenvalue weighted by atomic mass is 9.88. The second-order valence-corrected chi connectivity index (χ2v) is 5.56. The molecule has 1 saturated carbocycles. The maximum absolute atomic E-state index is 11.8. The molecule has 1 fully saturated rings. The van der Waals surface area contributed by atoms with Gasteiger partial charge in [0.25, 0.3) is 0 Å². The first-order valence-corrected chi connectivity index (χ1v) is 6.97. The van der Waals surface area contributed by atoms with E-state index in [-0.39, 0.29) is 12.1 Å². The van der Waals surface area contributed by atoms with E-state index in [0.29, 0.717) is 6.61 Å². The summed E-state index contributed by atoms with van der Waals surface area (Å²) in [5.41, 5.74) is -0.732. The molecule has 1 rings (SSSR count). The molecule has 0 aliphatic heterocycles. The summed E-state index contributed by atoms with van der Waals surface area (Å²) in [6.07, 6.45) is 5.01. The van der Waals surface area contributed by atoms with E-state index in [4.69, 9.17) is 9.47 Å². The van der Waals surface area contributed by atoms with Crippen molar-refractivity contribution in [1.29, 1.82) is 0 Å². The SMILES string of the molecule is CCNC(C)(COC1CCCC(C)C1)C(=O)OC. The quantitative estimate of drug-likeness (QED) is 0.740. The highest BCUT2D eigenvalue weighted by molar-refractivity contribution is 5.80. The average Bonchev–Trinajstić information content (AvgIpc) is 2.36. The second-order valence-electron chi connectivity index (χ2n) is 5.56. The molecule has 0 heterocycles. The van der Waals surface area contributed by atoms with Gasteiger partial charge in [0.05, 0.1) is 19.8 Å². The van der Waals surface area contributed by atoms with Gasteiger partial charge in [0, 0.05) is 0 Å². The Kier molecular flexibility index (Phi) is 6.09. The number of esters is 1. The van der Waals surface area contributed by atoms with Crippen LogP contribution in [0.3, 0.4) is 0 Å². The largest absolute Gasteiger partial charge is 0.468 e. The Morgan fingerprint density at radius 3 is 2.72 bits per heavy atom. The van der Waals surface area contributed by atoms with Crippen LogP contribution in [0.15, 0.2) is 0 Å². The van der Waals surface area contributed by atoms with Gasteiger partial charge in [-0.3, -0.25) is 0 Å². The van der Waals surface area contributed by atoms with Crippen LogP contribution in [-0.2, 0) is 14.3 Å². The van der Waals surface area contributed by atoms with Crippen molar-refractivity contribution in [3.05, 3.63) is 0 Å². The molecule has 1 aliphatic rings. The number of nitrogens with one attached hydrogen (secondary N) is 1. The summed E-state index contributed by atoms with van der Waals surface area (Å²) in [7, 11) is 1.42. The Balaban J connectivity index is 2.48. The molecule has 4 heteroatoms. The third-order valence-corrected chi connectivity index (χ3v) is 3.70. The molecule has 3 atom stereocenters. The fourth-order valence-corrected chi connectivity index (χ4v) is 2.61. The van der Waals surface area contributed by atoms with Gasteiger partial charge >= 0.3 is 5.97 Å². The number of carbonyl (C=O) groups excluding carboxylic acids is 1. The minimum atomic E-state index is -0.732. The average molecular weight is 257 g/mol. The summed E-state index contributed by atoms with van der Waals surface area (Å²) < 4.78 is 10.8. The fraction of sp³-hybridized carbons (Fsp3) is 0.929. The van der Waals surface area contributed by atoms with Crippen LogP contribution in [0.2, 0.25) is 0 Å². The second kappa shape index (κ2) is 7.10. The van der Waals surface area contributed by atoms with Gasteiger partial charge in [-0.25, -0.2) is 4.79 Å². The van der Waals surface area contributed by atoms with Crippen molar-refractivity contribution in [3.63, 3.8) is 0 Å². The molecule has 0 aromatic heterocycles. The highest BCUT2D eigenvalue weighted by Crippen LogP contribution is 2.26. The minimum absolute atomic E-state index is 0.256. The minimum Gasteiger partial charge on any atom is -0.468 e. The first kappa shape index (κ1) is 15.4. The third kappa shape index (κ3) is 4.25. The smallest absolute Gasteiger partial charge is 0.328 e. The number of carbonyl (C=O) groups is 1. The van der Waals surface area contributed by atoms with E-state index in [0.717, 1.165) is 25.3 Å². The zero-order valence-corrected chi connectivity index (χ0v) is 12.1. The molecular weight excluding hydrogens is 230 g/mol. The summed E-state index contributed by atoms with van der Waals surface area (Å²) in [5, 5.41) is 3.16. The highest BCUT2D eigenvalue weighted by Gasteiger charge is 2.35. The van der Waals surface area contributed by atoms with Crippen LogP contribution in [0, 0.1) is 5.92 Å². The van der Waals surface area contributed by atoms with Crippen molar-refractivity contribution < 1.29 is 14.3 Å². The topological polar surface area (TPSA) is 47.6 Å². The molecule has 1 N–H and O–H groups in total. The van der Waals surface area contributed by atoms with Crippen molar-refractivity contribution in [1.82, 2.24) is 5.32 Å². The first-order valence-electron chi connectivity index (χ1n) is 6.97. The Morgan fingerprint density at radius 1 is 1.44 bits per heavy atom. The Hall–Kier alpha value is -0.610. The van der Waals surface area contributed by atoms with Gasteiger partial charge in [-0.2, -0.15) is 0 Å². The van der Waals surface area contributed by atoms with Gasteiger partial charge < -0.3 is 14.8 Å². The maximum Gasteiger partial charge on any atom is 0.328 e. The molecule has 4 nitrogen and oxygen atoms in total. The Bertz CT molecular complexity index is 270. The molecule has 0 radical (unpaired) electrons. The van der Waals surface area contributed by atoms with Gasteiger partial charge in [-0.1, -0.05) is 26.7 Å². The lowest BCUT2D eigenvalue weighted by molar-refractivity contribution is -0.152. The lowest BCUT2D eigenvalue weighted by Crippen LogP contribution is -2.54. The highest BCUT2D eigenvalue weighted by atomic mass is 16.5. The maximum atomic E-state index is 11.8. The van der Waals surface area contributed by atoms with Gasteiger partial charge in [0.2, 0.25) is 0 Å². The molecule has 0 aromatic carbocycles. The zero-order chi connectivity index (χ0) is 13.6. The van der Waals surface area contributed by atoms with Crippen molar-refractivity contribution in [3.8, 4) is 0 Å². The summed E-state index contributed by atoms with van der Waals surface area (Å²) in [6, 6.07) is 0. The van der Waals surface area contributed by atoms with Crippen molar-refractivity contribution in [2.45, 2.75) is 58.1 Å². The first-order chi connectivity index (χ1) is 8.51. The standard InChI is InChI=1S/C14H27NO3/c1-5-15-14(3,13(16)17-4)10-18-12-8-6-7-11(2)9-12/h11-12,15H,5-10H2,1-4H3. The molecular formula is C14H27NO3.